The number of hydrogen-bond acceptors (Lipinski definition) is 5. The summed E-state index contributed by atoms with van der Waals surface area (Å²) in [5.74, 6) is 2.13. The van der Waals surface area contributed by atoms with Crippen LogP contribution < -0.4 is 10.6 Å². The van der Waals surface area contributed by atoms with Gasteiger partial charge in [0, 0.05) is 35.4 Å². The number of nitrogens with zero attached hydrogens (tertiary/aromatic N) is 4. The number of carbonyl (C=O) groups is 1. The molecular formula is C23H22N6O. The number of benzene rings is 2. The van der Waals surface area contributed by atoms with Crippen molar-refractivity contribution in [1.82, 2.24) is 19.5 Å². The van der Waals surface area contributed by atoms with Crippen molar-refractivity contribution in [3.05, 3.63) is 89.8 Å². The average Bonchev–Trinajstić information content (AvgIpc) is 3.15. The molecule has 4 rings (SSSR count). The predicted octanol–water partition coefficient (Wildman–Crippen LogP) is 4.58. The maximum atomic E-state index is 12.5. The minimum absolute atomic E-state index is 0.126. The van der Waals surface area contributed by atoms with Crippen molar-refractivity contribution in [2.24, 2.45) is 0 Å². The first-order chi connectivity index (χ1) is 14.5. The van der Waals surface area contributed by atoms with Gasteiger partial charge in [0.2, 0.25) is 0 Å². The first-order valence-corrected chi connectivity index (χ1v) is 9.57. The molecule has 7 nitrogen and oxygen atoms in total. The summed E-state index contributed by atoms with van der Waals surface area (Å²) in [6.45, 7) is 5.88. The molecule has 0 aliphatic carbocycles. The van der Waals surface area contributed by atoms with Gasteiger partial charge in [-0.15, -0.1) is 0 Å². The van der Waals surface area contributed by atoms with Crippen LogP contribution in [0, 0.1) is 20.8 Å². The van der Waals surface area contributed by atoms with E-state index in [1.165, 1.54) is 6.33 Å². The van der Waals surface area contributed by atoms with Gasteiger partial charge >= 0.3 is 0 Å². The second-order valence-corrected chi connectivity index (χ2v) is 7.14. The van der Waals surface area contributed by atoms with Crippen LogP contribution in [0.5, 0.6) is 0 Å². The van der Waals surface area contributed by atoms with Crippen LogP contribution in [0.4, 0.5) is 17.2 Å². The molecule has 0 bridgehead atoms. The molecule has 0 spiro atoms. The third kappa shape index (κ3) is 4.35. The largest absolute Gasteiger partial charge is 0.340 e. The molecule has 2 aromatic carbocycles. The van der Waals surface area contributed by atoms with E-state index < -0.39 is 0 Å². The fourth-order valence-corrected chi connectivity index (χ4v) is 3.26. The second kappa shape index (κ2) is 8.16. The molecule has 0 aliphatic rings. The number of anilines is 3. The van der Waals surface area contributed by atoms with Crippen LogP contribution in [0.15, 0.2) is 67.3 Å². The van der Waals surface area contributed by atoms with Crippen molar-refractivity contribution in [2.45, 2.75) is 20.8 Å². The molecule has 0 atom stereocenters. The zero-order valence-corrected chi connectivity index (χ0v) is 17.0. The van der Waals surface area contributed by atoms with Crippen molar-refractivity contribution in [1.29, 1.82) is 0 Å². The van der Waals surface area contributed by atoms with Crippen molar-refractivity contribution >= 4 is 23.1 Å². The molecule has 2 heterocycles. The Morgan fingerprint density at radius 1 is 0.867 bits per heavy atom. The van der Waals surface area contributed by atoms with Crippen molar-refractivity contribution < 1.29 is 4.79 Å². The highest BCUT2D eigenvalue weighted by Crippen LogP contribution is 2.20. The first kappa shape index (κ1) is 19.3. The summed E-state index contributed by atoms with van der Waals surface area (Å²) in [6, 6.07) is 15.1. The third-order valence-electron chi connectivity index (χ3n) is 4.62. The van der Waals surface area contributed by atoms with Crippen LogP contribution in [0.1, 0.15) is 27.3 Å². The van der Waals surface area contributed by atoms with Gasteiger partial charge in [-0.1, -0.05) is 17.2 Å². The summed E-state index contributed by atoms with van der Waals surface area (Å²) in [6.07, 6.45) is 5.10. The van der Waals surface area contributed by atoms with Gasteiger partial charge in [-0.3, -0.25) is 9.36 Å². The van der Waals surface area contributed by atoms with Crippen LogP contribution in [-0.2, 0) is 0 Å². The molecule has 2 aromatic heterocycles. The Kier molecular flexibility index (Phi) is 5.26. The molecule has 0 unspecified atom stereocenters. The number of carbonyl (C=O) groups excluding carboxylic acids is 1. The minimum Gasteiger partial charge on any atom is -0.340 e. The van der Waals surface area contributed by atoms with E-state index in [-0.39, 0.29) is 5.91 Å². The lowest BCUT2D eigenvalue weighted by molar-refractivity contribution is 0.102. The van der Waals surface area contributed by atoms with Crippen LogP contribution in [0.3, 0.4) is 0 Å². The SMILES string of the molecule is Cc1cc(C)cc(C(=O)Nc2ccc(Nc3cc(-n4ccnc4C)ncn3)cc2)c1. The Balaban J connectivity index is 1.45. The zero-order chi connectivity index (χ0) is 21.1. The van der Waals surface area contributed by atoms with Gasteiger partial charge in [0.1, 0.15) is 23.8 Å². The van der Waals surface area contributed by atoms with E-state index in [9.17, 15) is 4.79 Å². The molecule has 2 N–H and O–H groups in total. The van der Waals surface area contributed by atoms with Gasteiger partial charge in [-0.2, -0.15) is 0 Å². The molecule has 4 aromatic rings. The minimum atomic E-state index is -0.126. The van der Waals surface area contributed by atoms with Crippen molar-refractivity contribution in [3.63, 3.8) is 0 Å². The number of rotatable bonds is 5. The highest BCUT2D eigenvalue weighted by molar-refractivity contribution is 6.04. The maximum absolute atomic E-state index is 12.5. The van der Waals surface area contributed by atoms with E-state index in [1.807, 2.05) is 80.1 Å². The quantitative estimate of drug-likeness (QED) is 0.514. The van der Waals surface area contributed by atoms with Gasteiger partial charge in [-0.05, 0) is 57.2 Å². The molecule has 1 amide bonds. The Labute approximate surface area is 174 Å². The molecule has 0 fully saturated rings. The van der Waals surface area contributed by atoms with E-state index in [4.69, 9.17) is 0 Å². The Morgan fingerprint density at radius 3 is 2.23 bits per heavy atom. The number of aryl methyl sites for hydroxylation is 3. The van der Waals surface area contributed by atoms with E-state index in [0.29, 0.717) is 11.4 Å². The first-order valence-electron chi connectivity index (χ1n) is 9.57. The van der Waals surface area contributed by atoms with Crippen molar-refractivity contribution in [3.8, 4) is 5.82 Å². The smallest absolute Gasteiger partial charge is 0.255 e. The van der Waals surface area contributed by atoms with Gasteiger partial charge in [0.15, 0.2) is 0 Å². The lowest BCUT2D eigenvalue weighted by Gasteiger charge is -2.10. The molecule has 0 radical (unpaired) electrons. The van der Waals surface area contributed by atoms with Gasteiger partial charge in [0.25, 0.3) is 5.91 Å². The van der Waals surface area contributed by atoms with Crippen LogP contribution in [0.2, 0.25) is 0 Å². The lowest BCUT2D eigenvalue weighted by atomic mass is 10.1. The number of hydrogen-bond donors (Lipinski definition) is 2. The lowest BCUT2D eigenvalue weighted by Crippen LogP contribution is -2.12. The molecule has 0 saturated carbocycles. The molecule has 30 heavy (non-hydrogen) atoms. The van der Waals surface area contributed by atoms with Crippen molar-refractivity contribution in [2.75, 3.05) is 10.6 Å². The predicted molar refractivity (Wildman–Crippen MR) is 117 cm³/mol. The number of nitrogens with one attached hydrogen (secondary N) is 2. The third-order valence-corrected chi connectivity index (χ3v) is 4.62. The Bertz CT molecular complexity index is 1180. The van der Waals surface area contributed by atoms with Gasteiger partial charge in [-0.25, -0.2) is 15.0 Å². The standard InChI is InChI=1S/C23H22N6O/c1-15-10-16(2)12-18(11-15)23(30)28-20-6-4-19(5-7-20)27-21-13-22(26-14-25-21)29-9-8-24-17(29)3/h4-14H,1-3H3,(H,28,30)(H,25,26,27). The summed E-state index contributed by atoms with van der Waals surface area (Å²) in [5.41, 5.74) is 4.36. The summed E-state index contributed by atoms with van der Waals surface area (Å²) in [5, 5.41) is 6.19. The number of amides is 1. The topological polar surface area (TPSA) is 84.7 Å². The molecular weight excluding hydrogens is 376 g/mol. The fraction of sp³-hybridized carbons (Fsp3) is 0.130. The molecule has 150 valence electrons. The van der Waals surface area contributed by atoms with Crippen LogP contribution in [0.25, 0.3) is 5.82 Å². The van der Waals surface area contributed by atoms with Gasteiger partial charge in [0.05, 0.1) is 0 Å². The van der Waals surface area contributed by atoms with E-state index in [1.54, 1.807) is 6.20 Å². The van der Waals surface area contributed by atoms with E-state index in [0.717, 1.165) is 34.1 Å². The Morgan fingerprint density at radius 2 is 1.57 bits per heavy atom. The number of imidazole rings is 1. The monoisotopic (exact) mass is 398 g/mol. The van der Waals surface area contributed by atoms with Crippen LogP contribution in [-0.4, -0.2) is 25.4 Å². The molecule has 0 saturated heterocycles. The summed E-state index contributed by atoms with van der Waals surface area (Å²) in [7, 11) is 0. The summed E-state index contributed by atoms with van der Waals surface area (Å²) >= 11 is 0. The zero-order valence-electron chi connectivity index (χ0n) is 17.0. The highest BCUT2D eigenvalue weighted by atomic mass is 16.1. The number of aromatic nitrogens is 4. The fourth-order valence-electron chi connectivity index (χ4n) is 3.26. The summed E-state index contributed by atoms with van der Waals surface area (Å²) in [4.78, 5) is 25.3. The molecule has 7 heteroatoms. The van der Waals surface area contributed by atoms with Crippen LogP contribution >= 0.6 is 0 Å². The molecule has 0 aliphatic heterocycles. The maximum Gasteiger partial charge on any atom is 0.255 e. The average molecular weight is 398 g/mol. The van der Waals surface area contributed by atoms with Gasteiger partial charge < -0.3 is 10.6 Å². The van der Waals surface area contributed by atoms with E-state index in [2.05, 4.69) is 25.6 Å². The van der Waals surface area contributed by atoms with E-state index >= 15 is 0 Å². The second-order valence-electron chi connectivity index (χ2n) is 7.14. The normalized spacial score (nSPS) is 10.6. The Hall–Kier alpha value is -4.00. The highest BCUT2D eigenvalue weighted by Gasteiger charge is 2.08. The summed E-state index contributed by atoms with van der Waals surface area (Å²) < 4.78 is 1.89.